The van der Waals surface area contributed by atoms with E-state index in [1.807, 2.05) is 13.8 Å². The molecule has 4 nitrogen and oxygen atoms in total. The molecule has 1 saturated heterocycles. The Hall–Kier alpha value is 0.160. The summed E-state index contributed by atoms with van der Waals surface area (Å²) >= 11 is 0. The normalized spacial score (nSPS) is 21.4. The van der Waals surface area contributed by atoms with E-state index in [1.165, 1.54) is 0 Å². The van der Waals surface area contributed by atoms with Crippen molar-refractivity contribution < 1.29 is 8.42 Å². The predicted molar refractivity (Wildman–Crippen MR) is 69.3 cm³/mol. The van der Waals surface area contributed by atoms with Crippen molar-refractivity contribution in [3.63, 3.8) is 0 Å². The zero-order valence-corrected chi connectivity index (χ0v) is 11.7. The molecule has 0 aliphatic carbocycles. The van der Waals surface area contributed by atoms with Gasteiger partial charge in [0.15, 0.2) is 0 Å². The standard InChI is InChI=1S/C10H22N2O2S.ClH/c1-3-8-15(13,14)12-6-4-10(5-7-12)9(2)11;/h9-10H,3-8,11H2,1-2H3;1H. The van der Waals surface area contributed by atoms with Gasteiger partial charge in [-0.25, -0.2) is 12.7 Å². The van der Waals surface area contributed by atoms with Gasteiger partial charge in [0.1, 0.15) is 0 Å². The Morgan fingerprint density at radius 3 is 2.25 bits per heavy atom. The van der Waals surface area contributed by atoms with Crippen LogP contribution in [0.1, 0.15) is 33.1 Å². The summed E-state index contributed by atoms with van der Waals surface area (Å²) in [5.74, 6) is 0.758. The third kappa shape index (κ3) is 4.20. The number of hydrogen-bond acceptors (Lipinski definition) is 3. The van der Waals surface area contributed by atoms with Crippen molar-refractivity contribution in [2.45, 2.75) is 39.2 Å². The zero-order chi connectivity index (χ0) is 11.5. The lowest BCUT2D eigenvalue weighted by Crippen LogP contribution is -2.43. The number of halogens is 1. The van der Waals surface area contributed by atoms with Crippen LogP contribution in [-0.2, 0) is 10.0 Å². The van der Waals surface area contributed by atoms with Crippen LogP contribution in [0.2, 0.25) is 0 Å². The van der Waals surface area contributed by atoms with Gasteiger partial charge in [0.05, 0.1) is 5.75 Å². The minimum atomic E-state index is -2.99. The van der Waals surface area contributed by atoms with E-state index in [4.69, 9.17) is 5.73 Å². The van der Waals surface area contributed by atoms with Gasteiger partial charge in [0, 0.05) is 19.1 Å². The Bertz CT molecular complexity index is 285. The van der Waals surface area contributed by atoms with Crippen molar-refractivity contribution in [2.24, 2.45) is 11.7 Å². The summed E-state index contributed by atoms with van der Waals surface area (Å²) in [6.07, 6.45) is 2.50. The molecule has 2 N–H and O–H groups in total. The van der Waals surface area contributed by atoms with Crippen LogP contribution in [0.3, 0.4) is 0 Å². The summed E-state index contributed by atoms with van der Waals surface area (Å²) in [6, 6.07) is 0.182. The fraction of sp³-hybridized carbons (Fsp3) is 1.00. The molecule has 0 aromatic carbocycles. The fourth-order valence-electron chi connectivity index (χ4n) is 2.07. The summed E-state index contributed by atoms with van der Waals surface area (Å²) in [5, 5.41) is 0. The first-order valence-electron chi connectivity index (χ1n) is 5.70. The minimum absolute atomic E-state index is 0. The van der Waals surface area contributed by atoms with Crippen LogP contribution < -0.4 is 5.73 Å². The number of sulfonamides is 1. The van der Waals surface area contributed by atoms with E-state index in [0.717, 1.165) is 12.8 Å². The van der Waals surface area contributed by atoms with Crippen molar-refractivity contribution in [3.05, 3.63) is 0 Å². The zero-order valence-electron chi connectivity index (χ0n) is 10.1. The maximum atomic E-state index is 11.8. The quantitative estimate of drug-likeness (QED) is 0.835. The number of hydrogen-bond donors (Lipinski definition) is 1. The summed E-state index contributed by atoms with van der Waals surface area (Å²) in [7, 11) is -2.99. The highest BCUT2D eigenvalue weighted by molar-refractivity contribution is 7.89. The molecule has 0 bridgehead atoms. The van der Waals surface area contributed by atoms with Crippen molar-refractivity contribution in [2.75, 3.05) is 18.8 Å². The summed E-state index contributed by atoms with van der Waals surface area (Å²) in [6.45, 7) is 5.19. The van der Waals surface area contributed by atoms with Gasteiger partial charge in [-0.15, -0.1) is 12.4 Å². The highest BCUT2D eigenvalue weighted by Gasteiger charge is 2.28. The highest BCUT2D eigenvalue weighted by Crippen LogP contribution is 2.21. The third-order valence-corrected chi connectivity index (χ3v) is 5.17. The predicted octanol–water partition coefficient (Wildman–Crippen LogP) is 1.21. The number of piperidine rings is 1. The van der Waals surface area contributed by atoms with Crippen molar-refractivity contribution in [1.29, 1.82) is 0 Å². The van der Waals surface area contributed by atoms with Crippen LogP contribution in [0.4, 0.5) is 0 Å². The lowest BCUT2D eigenvalue weighted by Gasteiger charge is -2.32. The van der Waals surface area contributed by atoms with Gasteiger partial charge in [-0.2, -0.15) is 0 Å². The van der Waals surface area contributed by atoms with Gasteiger partial charge in [0.25, 0.3) is 0 Å². The number of rotatable bonds is 4. The minimum Gasteiger partial charge on any atom is -0.328 e. The first-order valence-corrected chi connectivity index (χ1v) is 7.31. The average molecular weight is 271 g/mol. The second-order valence-electron chi connectivity index (χ2n) is 4.41. The molecule has 0 aromatic rings. The van der Waals surface area contributed by atoms with Gasteiger partial charge in [0.2, 0.25) is 10.0 Å². The fourth-order valence-corrected chi connectivity index (χ4v) is 3.61. The first kappa shape index (κ1) is 16.2. The largest absolute Gasteiger partial charge is 0.328 e. The maximum Gasteiger partial charge on any atom is 0.214 e. The molecule has 1 heterocycles. The maximum absolute atomic E-state index is 11.8. The molecular weight excluding hydrogens is 248 g/mol. The SMILES string of the molecule is CCCS(=O)(=O)N1CCC(C(C)N)CC1.Cl. The number of nitrogens with two attached hydrogens (primary N) is 1. The van der Waals surface area contributed by atoms with Gasteiger partial charge in [-0.1, -0.05) is 6.92 Å². The Labute approximate surface area is 105 Å². The topological polar surface area (TPSA) is 63.4 Å². The molecule has 6 heteroatoms. The summed E-state index contributed by atoms with van der Waals surface area (Å²) < 4.78 is 25.1. The van der Waals surface area contributed by atoms with Crippen LogP contribution in [0.15, 0.2) is 0 Å². The summed E-state index contributed by atoms with van der Waals surface area (Å²) in [4.78, 5) is 0. The molecule has 98 valence electrons. The molecule has 0 aromatic heterocycles. The molecule has 1 rings (SSSR count). The van der Waals surface area contributed by atoms with E-state index >= 15 is 0 Å². The monoisotopic (exact) mass is 270 g/mol. The van der Waals surface area contributed by atoms with Crippen LogP contribution in [0, 0.1) is 5.92 Å². The van der Waals surface area contributed by atoms with Crippen LogP contribution in [-0.4, -0.2) is 37.6 Å². The third-order valence-electron chi connectivity index (χ3n) is 3.10. The van der Waals surface area contributed by atoms with Gasteiger partial charge in [-0.05, 0) is 32.1 Å². The molecule has 16 heavy (non-hydrogen) atoms. The van der Waals surface area contributed by atoms with E-state index in [9.17, 15) is 8.42 Å². The second-order valence-corrected chi connectivity index (χ2v) is 6.50. The van der Waals surface area contributed by atoms with Crippen LogP contribution >= 0.6 is 12.4 Å². The molecular formula is C10H23ClN2O2S. The van der Waals surface area contributed by atoms with Crippen LogP contribution in [0.25, 0.3) is 0 Å². The van der Waals surface area contributed by atoms with Gasteiger partial charge >= 0.3 is 0 Å². The molecule has 0 spiro atoms. The van der Waals surface area contributed by atoms with Gasteiger partial charge in [-0.3, -0.25) is 0 Å². The van der Waals surface area contributed by atoms with E-state index in [2.05, 4.69) is 0 Å². The summed E-state index contributed by atoms with van der Waals surface area (Å²) in [5.41, 5.74) is 5.81. The smallest absolute Gasteiger partial charge is 0.214 e. The van der Waals surface area contributed by atoms with Crippen LogP contribution in [0.5, 0.6) is 0 Å². The molecule has 0 radical (unpaired) electrons. The van der Waals surface area contributed by atoms with Crippen molar-refractivity contribution in [1.82, 2.24) is 4.31 Å². The van der Waals surface area contributed by atoms with Gasteiger partial charge < -0.3 is 5.73 Å². The molecule has 1 aliphatic rings. The van der Waals surface area contributed by atoms with E-state index in [0.29, 0.717) is 25.4 Å². The molecule has 1 atom stereocenters. The Balaban J connectivity index is 0.00000225. The number of nitrogens with zero attached hydrogens (tertiary/aromatic N) is 1. The second kappa shape index (κ2) is 6.79. The Morgan fingerprint density at radius 2 is 1.88 bits per heavy atom. The highest BCUT2D eigenvalue weighted by atomic mass is 35.5. The lowest BCUT2D eigenvalue weighted by atomic mass is 9.92. The van der Waals surface area contributed by atoms with Crippen molar-refractivity contribution in [3.8, 4) is 0 Å². The molecule has 0 amide bonds. The molecule has 1 aliphatic heterocycles. The van der Waals surface area contributed by atoms with E-state index in [-0.39, 0.29) is 24.2 Å². The average Bonchev–Trinajstić information content (AvgIpc) is 2.18. The van der Waals surface area contributed by atoms with Crippen molar-refractivity contribution >= 4 is 22.4 Å². The van der Waals surface area contributed by atoms with E-state index in [1.54, 1.807) is 4.31 Å². The Morgan fingerprint density at radius 1 is 1.38 bits per heavy atom. The molecule has 1 unspecified atom stereocenters. The molecule has 0 saturated carbocycles. The van der Waals surface area contributed by atoms with E-state index < -0.39 is 10.0 Å². The molecule has 1 fully saturated rings. The first-order chi connectivity index (χ1) is 6.97. The Kier molecular flexibility index (Phi) is 6.86. The lowest BCUT2D eigenvalue weighted by molar-refractivity contribution is 0.250.